The molecule has 29 heavy (non-hydrogen) atoms. The maximum Gasteiger partial charge on any atom is 0.341 e. The van der Waals surface area contributed by atoms with Gasteiger partial charge >= 0.3 is 5.97 Å². The van der Waals surface area contributed by atoms with Gasteiger partial charge in [0.2, 0.25) is 0 Å². The van der Waals surface area contributed by atoms with Crippen molar-refractivity contribution in [3.8, 4) is 0 Å². The quantitative estimate of drug-likeness (QED) is 0.497. The van der Waals surface area contributed by atoms with Crippen molar-refractivity contribution in [3.05, 3.63) is 87.8 Å². The van der Waals surface area contributed by atoms with Gasteiger partial charge in [0.05, 0.1) is 12.2 Å². The molecule has 5 heteroatoms. The molecule has 0 aliphatic carbocycles. The summed E-state index contributed by atoms with van der Waals surface area (Å²) in [6.45, 7) is 6.21. The van der Waals surface area contributed by atoms with E-state index in [1.54, 1.807) is 19.1 Å². The number of benzene rings is 2. The van der Waals surface area contributed by atoms with Crippen molar-refractivity contribution in [3.63, 3.8) is 0 Å². The highest BCUT2D eigenvalue weighted by atomic mass is 32.1. The van der Waals surface area contributed by atoms with E-state index in [9.17, 15) is 9.59 Å². The van der Waals surface area contributed by atoms with Crippen molar-refractivity contribution in [1.29, 1.82) is 0 Å². The second-order valence-electron chi connectivity index (χ2n) is 6.75. The summed E-state index contributed by atoms with van der Waals surface area (Å²) >= 11 is 1.41. The lowest BCUT2D eigenvalue weighted by Crippen LogP contribution is -2.14. The molecule has 0 bridgehead atoms. The van der Waals surface area contributed by atoms with Gasteiger partial charge in [-0.2, -0.15) is 0 Å². The number of carbonyl (C=O) groups excluding carboxylic acids is 2. The Bertz CT molecular complexity index is 977. The Balaban J connectivity index is 1.90. The van der Waals surface area contributed by atoms with Crippen LogP contribution in [0.4, 0.5) is 5.00 Å². The number of aryl methyl sites for hydroxylation is 1. The van der Waals surface area contributed by atoms with Crippen molar-refractivity contribution in [2.45, 2.75) is 33.1 Å². The standard InChI is InChI=1S/C24H25NO3S/c1-4-17-11-13-19(14-12-17)22(26)25-23-20(24(27)28-5-2)15-21(29-23)16(3)18-9-7-6-8-10-18/h6-16H,4-5H2,1-3H3,(H,25,26). The van der Waals surface area contributed by atoms with Crippen LogP contribution in [0, 0.1) is 0 Å². The van der Waals surface area contributed by atoms with E-state index >= 15 is 0 Å². The van der Waals surface area contributed by atoms with Gasteiger partial charge in [0.15, 0.2) is 0 Å². The third-order valence-corrected chi connectivity index (χ3v) is 6.06. The van der Waals surface area contributed by atoms with Gasteiger partial charge in [-0.1, -0.05) is 56.3 Å². The topological polar surface area (TPSA) is 55.4 Å². The molecule has 3 rings (SSSR count). The molecular formula is C24H25NO3S. The second kappa shape index (κ2) is 9.52. The maximum absolute atomic E-state index is 12.7. The van der Waals surface area contributed by atoms with Gasteiger partial charge < -0.3 is 10.1 Å². The molecule has 2 aromatic carbocycles. The first-order valence-corrected chi connectivity index (χ1v) is 10.6. The lowest BCUT2D eigenvalue weighted by Gasteiger charge is -2.09. The molecule has 0 saturated heterocycles. The Hall–Kier alpha value is -2.92. The van der Waals surface area contributed by atoms with Gasteiger partial charge in [-0.3, -0.25) is 4.79 Å². The molecular weight excluding hydrogens is 382 g/mol. The molecule has 150 valence electrons. The summed E-state index contributed by atoms with van der Waals surface area (Å²) < 4.78 is 5.20. The van der Waals surface area contributed by atoms with Crippen molar-refractivity contribution in [2.75, 3.05) is 11.9 Å². The minimum atomic E-state index is -0.424. The predicted octanol–water partition coefficient (Wildman–Crippen LogP) is 5.89. The number of carbonyl (C=O) groups is 2. The summed E-state index contributed by atoms with van der Waals surface area (Å²) in [6, 6.07) is 19.4. The first-order valence-electron chi connectivity index (χ1n) is 9.79. The Morgan fingerprint density at radius 3 is 2.34 bits per heavy atom. The summed E-state index contributed by atoms with van der Waals surface area (Å²) in [5, 5.41) is 3.43. The zero-order valence-corrected chi connectivity index (χ0v) is 17.7. The fraction of sp³-hybridized carbons (Fsp3) is 0.250. The van der Waals surface area contributed by atoms with E-state index in [1.165, 1.54) is 16.9 Å². The fourth-order valence-electron chi connectivity index (χ4n) is 3.05. The van der Waals surface area contributed by atoms with Crippen LogP contribution >= 0.6 is 11.3 Å². The van der Waals surface area contributed by atoms with Gasteiger partial charge in [0.25, 0.3) is 5.91 Å². The highest BCUT2D eigenvalue weighted by Crippen LogP contribution is 2.36. The van der Waals surface area contributed by atoms with E-state index in [1.807, 2.05) is 36.4 Å². The van der Waals surface area contributed by atoms with Crippen LogP contribution in [0.1, 0.15) is 63.4 Å². The zero-order chi connectivity index (χ0) is 20.8. The van der Waals surface area contributed by atoms with Gasteiger partial charge in [0.1, 0.15) is 5.00 Å². The molecule has 1 unspecified atom stereocenters. The van der Waals surface area contributed by atoms with Crippen molar-refractivity contribution >= 4 is 28.2 Å². The molecule has 0 radical (unpaired) electrons. The highest BCUT2D eigenvalue weighted by molar-refractivity contribution is 7.16. The average molecular weight is 408 g/mol. The normalized spacial score (nSPS) is 11.7. The molecule has 4 nitrogen and oxygen atoms in total. The minimum Gasteiger partial charge on any atom is -0.462 e. The first kappa shape index (κ1) is 20.8. The Kier molecular flexibility index (Phi) is 6.83. The minimum absolute atomic E-state index is 0.101. The van der Waals surface area contributed by atoms with Crippen LogP contribution in [0.2, 0.25) is 0 Å². The molecule has 1 aromatic heterocycles. The van der Waals surface area contributed by atoms with Crippen LogP contribution < -0.4 is 5.32 Å². The third kappa shape index (κ3) is 4.93. The number of hydrogen-bond donors (Lipinski definition) is 1. The van der Waals surface area contributed by atoms with Gasteiger partial charge in [-0.15, -0.1) is 11.3 Å². The van der Waals surface area contributed by atoms with E-state index < -0.39 is 5.97 Å². The predicted molar refractivity (Wildman–Crippen MR) is 118 cm³/mol. The Labute approximate surface area is 175 Å². The molecule has 1 atom stereocenters. The molecule has 0 fully saturated rings. The largest absolute Gasteiger partial charge is 0.462 e. The van der Waals surface area contributed by atoms with Crippen LogP contribution in [0.3, 0.4) is 0 Å². The molecule has 0 aliphatic rings. The van der Waals surface area contributed by atoms with Gasteiger partial charge in [-0.25, -0.2) is 4.79 Å². The summed E-state index contributed by atoms with van der Waals surface area (Å²) in [6.07, 6.45) is 0.917. The number of ether oxygens (including phenoxy) is 1. The summed E-state index contributed by atoms with van der Waals surface area (Å²) in [4.78, 5) is 26.2. The molecule has 0 spiro atoms. The monoisotopic (exact) mass is 407 g/mol. The van der Waals surface area contributed by atoms with Crippen LogP contribution in [-0.4, -0.2) is 18.5 Å². The molecule has 0 saturated carbocycles. The molecule has 1 N–H and O–H groups in total. The first-order chi connectivity index (χ1) is 14.0. The van der Waals surface area contributed by atoms with Crippen LogP contribution in [-0.2, 0) is 11.2 Å². The molecule has 3 aromatic rings. The number of amides is 1. The van der Waals surface area contributed by atoms with E-state index in [0.29, 0.717) is 16.1 Å². The van der Waals surface area contributed by atoms with Gasteiger partial charge in [0, 0.05) is 16.4 Å². The summed E-state index contributed by atoms with van der Waals surface area (Å²) in [7, 11) is 0. The number of esters is 1. The highest BCUT2D eigenvalue weighted by Gasteiger charge is 2.22. The number of nitrogens with one attached hydrogen (secondary N) is 1. The molecule has 1 amide bonds. The second-order valence-corrected chi connectivity index (χ2v) is 7.83. The van der Waals surface area contributed by atoms with Crippen LogP contribution in [0.5, 0.6) is 0 Å². The smallest absolute Gasteiger partial charge is 0.341 e. The summed E-state index contributed by atoms with van der Waals surface area (Å²) in [5.74, 6) is -0.560. The molecule has 1 heterocycles. The SMILES string of the molecule is CCOC(=O)c1cc(C(C)c2ccccc2)sc1NC(=O)c1ccc(CC)cc1. The Morgan fingerprint density at radius 1 is 1.03 bits per heavy atom. The number of hydrogen-bond acceptors (Lipinski definition) is 4. The molecule has 0 aliphatic heterocycles. The van der Waals surface area contributed by atoms with Crippen LogP contribution in [0.15, 0.2) is 60.7 Å². The van der Waals surface area contributed by atoms with Crippen molar-refractivity contribution in [2.24, 2.45) is 0 Å². The van der Waals surface area contributed by atoms with Crippen molar-refractivity contribution in [1.82, 2.24) is 0 Å². The fourth-order valence-corrected chi connectivity index (χ4v) is 4.17. The lowest BCUT2D eigenvalue weighted by molar-refractivity contribution is 0.0528. The van der Waals surface area contributed by atoms with E-state index in [-0.39, 0.29) is 18.4 Å². The zero-order valence-electron chi connectivity index (χ0n) is 16.9. The number of rotatable bonds is 7. The van der Waals surface area contributed by atoms with Crippen LogP contribution in [0.25, 0.3) is 0 Å². The average Bonchev–Trinajstić information content (AvgIpc) is 3.18. The van der Waals surface area contributed by atoms with E-state index in [2.05, 4.69) is 31.3 Å². The Morgan fingerprint density at radius 2 is 1.72 bits per heavy atom. The third-order valence-electron chi connectivity index (χ3n) is 4.82. The van der Waals surface area contributed by atoms with Crippen molar-refractivity contribution < 1.29 is 14.3 Å². The number of thiophene rings is 1. The van der Waals surface area contributed by atoms with Gasteiger partial charge in [-0.05, 0) is 42.7 Å². The number of anilines is 1. The van der Waals surface area contributed by atoms with E-state index in [0.717, 1.165) is 16.9 Å². The maximum atomic E-state index is 12.7. The lowest BCUT2D eigenvalue weighted by atomic mass is 9.99. The summed E-state index contributed by atoms with van der Waals surface area (Å²) in [5.41, 5.74) is 3.28. The van der Waals surface area contributed by atoms with E-state index in [4.69, 9.17) is 4.74 Å².